The third-order valence-electron chi connectivity index (χ3n) is 6.20. The highest BCUT2D eigenvalue weighted by Crippen LogP contribution is 2.25. The van der Waals surface area contributed by atoms with Gasteiger partial charge in [0.25, 0.3) is 5.56 Å². The molecule has 5 rings (SSSR count). The lowest BCUT2D eigenvalue weighted by atomic mass is 10.1. The molecule has 0 spiro atoms. The zero-order chi connectivity index (χ0) is 26.4. The summed E-state index contributed by atoms with van der Waals surface area (Å²) >= 11 is 1.15. The molecule has 2 aromatic carbocycles. The third kappa shape index (κ3) is 4.33. The average Bonchev–Trinajstić information content (AvgIpc) is 3.42. The van der Waals surface area contributed by atoms with E-state index in [4.69, 9.17) is 0 Å². The van der Waals surface area contributed by atoms with Crippen LogP contribution >= 0.6 is 11.8 Å². The molecule has 1 amide bonds. The predicted molar refractivity (Wildman–Crippen MR) is 140 cm³/mol. The van der Waals surface area contributed by atoms with Crippen LogP contribution < -0.4 is 16.6 Å². The first-order valence-electron chi connectivity index (χ1n) is 11.4. The summed E-state index contributed by atoms with van der Waals surface area (Å²) in [7, 11) is 2.97. The van der Waals surface area contributed by atoms with Crippen molar-refractivity contribution < 1.29 is 9.18 Å². The molecule has 0 aliphatic heterocycles. The maximum absolute atomic E-state index is 13.5. The standard InChI is InChI=1S/C25H24FN7O3S/c1-14-5-6-15(2)18(11-14)27-19(34)13-37-24-29-28-23-32(12-16-7-9-17(26)10-8-16)20-21(33(23)24)30(3)25(36)31(4)22(20)35/h5-11H,12-13H2,1-4H3,(H,27,34). The highest BCUT2D eigenvalue weighted by molar-refractivity contribution is 7.99. The summed E-state index contributed by atoms with van der Waals surface area (Å²) in [6, 6.07) is 11.7. The van der Waals surface area contributed by atoms with E-state index in [1.807, 2.05) is 32.0 Å². The highest BCUT2D eigenvalue weighted by Gasteiger charge is 2.24. The first kappa shape index (κ1) is 24.5. The molecule has 190 valence electrons. The van der Waals surface area contributed by atoms with Crippen molar-refractivity contribution in [2.45, 2.75) is 25.5 Å². The van der Waals surface area contributed by atoms with Gasteiger partial charge in [-0.2, -0.15) is 0 Å². The highest BCUT2D eigenvalue weighted by atomic mass is 32.2. The van der Waals surface area contributed by atoms with E-state index in [1.165, 1.54) is 23.7 Å². The first-order valence-corrected chi connectivity index (χ1v) is 12.4. The van der Waals surface area contributed by atoms with Gasteiger partial charge in [0, 0.05) is 19.8 Å². The fraction of sp³-hybridized carbons (Fsp3) is 0.240. The molecule has 0 aliphatic rings. The second kappa shape index (κ2) is 9.36. The summed E-state index contributed by atoms with van der Waals surface area (Å²) in [6.45, 7) is 4.07. The summed E-state index contributed by atoms with van der Waals surface area (Å²) in [5.74, 6) is -0.229. The Hall–Kier alpha value is -4.19. The maximum atomic E-state index is 13.5. The molecule has 10 nitrogen and oxygen atoms in total. The number of imidazole rings is 1. The number of thioether (sulfide) groups is 1. The average molecular weight is 522 g/mol. The van der Waals surface area contributed by atoms with Gasteiger partial charge in [0.1, 0.15) is 5.82 Å². The second-order valence-electron chi connectivity index (χ2n) is 8.86. The Morgan fingerprint density at radius 1 is 1.03 bits per heavy atom. The number of anilines is 1. The van der Waals surface area contributed by atoms with E-state index in [0.29, 0.717) is 16.6 Å². The number of benzene rings is 2. The summed E-state index contributed by atoms with van der Waals surface area (Å²) in [4.78, 5) is 38.7. The molecule has 5 aromatic rings. The van der Waals surface area contributed by atoms with Crippen molar-refractivity contribution in [2.75, 3.05) is 11.1 Å². The lowest BCUT2D eigenvalue weighted by molar-refractivity contribution is -0.113. The van der Waals surface area contributed by atoms with Gasteiger partial charge in [-0.3, -0.25) is 23.3 Å². The number of aromatic nitrogens is 6. The molecule has 0 fully saturated rings. The molecule has 3 aromatic heterocycles. The van der Waals surface area contributed by atoms with E-state index in [0.717, 1.165) is 38.7 Å². The van der Waals surface area contributed by atoms with Crippen LogP contribution in [0.4, 0.5) is 10.1 Å². The fourth-order valence-electron chi connectivity index (χ4n) is 4.23. The molecule has 12 heteroatoms. The van der Waals surface area contributed by atoms with Gasteiger partial charge in [0.2, 0.25) is 11.7 Å². The number of aryl methyl sites for hydroxylation is 3. The number of hydrogen-bond acceptors (Lipinski definition) is 6. The van der Waals surface area contributed by atoms with Crippen molar-refractivity contribution in [3.8, 4) is 0 Å². The van der Waals surface area contributed by atoms with Gasteiger partial charge in [-0.25, -0.2) is 13.6 Å². The van der Waals surface area contributed by atoms with Gasteiger partial charge in [-0.1, -0.05) is 36.0 Å². The number of carbonyl (C=O) groups is 1. The van der Waals surface area contributed by atoms with Gasteiger partial charge in [0.05, 0.1) is 12.3 Å². The monoisotopic (exact) mass is 521 g/mol. The summed E-state index contributed by atoms with van der Waals surface area (Å²) in [5, 5.41) is 11.8. The summed E-state index contributed by atoms with van der Waals surface area (Å²) < 4.78 is 19.1. The van der Waals surface area contributed by atoms with Crippen molar-refractivity contribution in [1.29, 1.82) is 0 Å². The lowest BCUT2D eigenvalue weighted by Crippen LogP contribution is -2.37. The maximum Gasteiger partial charge on any atom is 0.332 e. The number of hydrogen-bond donors (Lipinski definition) is 1. The third-order valence-corrected chi connectivity index (χ3v) is 7.13. The van der Waals surface area contributed by atoms with Crippen molar-refractivity contribution in [1.82, 2.24) is 28.3 Å². The van der Waals surface area contributed by atoms with Crippen molar-refractivity contribution in [3.05, 3.63) is 85.8 Å². The number of amides is 1. The molecule has 0 radical (unpaired) electrons. The van der Waals surface area contributed by atoms with Crippen LogP contribution in [0.2, 0.25) is 0 Å². The smallest absolute Gasteiger partial charge is 0.325 e. The van der Waals surface area contributed by atoms with Gasteiger partial charge >= 0.3 is 5.69 Å². The van der Waals surface area contributed by atoms with E-state index in [9.17, 15) is 18.8 Å². The number of nitrogens with one attached hydrogen (secondary N) is 1. The molecule has 0 saturated heterocycles. The topological polar surface area (TPSA) is 108 Å². The van der Waals surface area contributed by atoms with E-state index >= 15 is 0 Å². The van der Waals surface area contributed by atoms with Gasteiger partial charge in [0.15, 0.2) is 16.3 Å². The molecule has 0 unspecified atom stereocenters. The molecular formula is C25H24FN7O3S. The molecule has 1 N–H and O–H groups in total. The minimum atomic E-state index is -0.504. The van der Waals surface area contributed by atoms with Crippen LogP contribution in [0.15, 0.2) is 57.2 Å². The van der Waals surface area contributed by atoms with Gasteiger partial charge in [-0.15, -0.1) is 10.2 Å². The summed E-state index contributed by atoms with van der Waals surface area (Å²) in [5.41, 5.74) is 3.02. The van der Waals surface area contributed by atoms with Crippen LogP contribution in [-0.4, -0.2) is 40.0 Å². The Labute approximate surface area is 214 Å². The molecular weight excluding hydrogens is 497 g/mol. The largest absolute Gasteiger partial charge is 0.332 e. The molecule has 0 bridgehead atoms. The number of halogens is 1. The fourth-order valence-corrected chi connectivity index (χ4v) is 4.96. The minimum absolute atomic E-state index is 0.0393. The van der Waals surface area contributed by atoms with Crippen LogP contribution in [0.3, 0.4) is 0 Å². The number of rotatable bonds is 6. The molecule has 0 saturated carbocycles. The van der Waals surface area contributed by atoms with E-state index in [-0.39, 0.29) is 29.5 Å². The Morgan fingerprint density at radius 2 is 1.76 bits per heavy atom. The number of fused-ring (bicyclic) bond motifs is 3. The molecule has 0 atom stereocenters. The number of nitrogens with zero attached hydrogens (tertiary/aromatic N) is 6. The Bertz CT molecular complexity index is 1800. The van der Waals surface area contributed by atoms with Gasteiger partial charge < -0.3 is 5.32 Å². The van der Waals surface area contributed by atoms with Crippen LogP contribution in [0.25, 0.3) is 16.9 Å². The molecule has 0 aliphatic carbocycles. The van der Waals surface area contributed by atoms with Gasteiger partial charge in [-0.05, 0) is 48.7 Å². The molecule has 37 heavy (non-hydrogen) atoms. The van der Waals surface area contributed by atoms with Crippen molar-refractivity contribution in [3.63, 3.8) is 0 Å². The number of carbonyl (C=O) groups excluding carboxylic acids is 1. The van der Waals surface area contributed by atoms with E-state index in [2.05, 4.69) is 15.5 Å². The Balaban J connectivity index is 1.57. The Kier molecular flexibility index (Phi) is 6.20. The zero-order valence-electron chi connectivity index (χ0n) is 20.6. The normalized spacial score (nSPS) is 11.5. The van der Waals surface area contributed by atoms with E-state index < -0.39 is 11.2 Å². The lowest BCUT2D eigenvalue weighted by Gasteiger charge is -2.09. The van der Waals surface area contributed by atoms with Crippen molar-refractivity contribution >= 4 is 40.3 Å². The summed E-state index contributed by atoms with van der Waals surface area (Å²) in [6.07, 6.45) is 0. The van der Waals surface area contributed by atoms with Crippen molar-refractivity contribution in [2.24, 2.45) is 14.1 Å². The Morgan fingerprint density at radius 3 is 2.49 bits per heavy atom. The minimum Gasteiger partial charge on any atom is -0.325 e. The second-order valence-corrected chi connectivity index (χ2v) is 9.81. The first-order chi connectivity index (χ1) is 17.7. The van der Waals surface area contributed by atoms with Crippen LogP contribution in [0.1, 0.15) is 16.7 Å². The SMILES string of the molecule is Cc1ccc(C)c(NC(=O)CSc2nnc3n(Cc4ccc(F)cc4)c4c(=O)n(C)c(=O)n(C)c4n23)c1. The van der Waals surface area contributed by atoms with E-state index in [1.54, 1.807) is 28.1 Å². The quantitative estimate of drug-likeness (QED) is 0.344. The predicted octanol–water partition coefficient (Wildman–Crippen LogP) is 2.62. The molecule has 3 heterocycles. The van der Waals surface area contributed by atoms with Crippen LogP contribution in [-0.2, 0) is 25.4 Å². The van der Waals surface area contributed by atoms with Crippen LogP contribution in [0, 0.1) is 19.7 Å². The zero-order valence-corrected chi connectivity index (χ0v) is 21.5. The van der Waals surface area contributed by atoms with Crippen LogP contribution in [0.5, 0.6) is 0 Å².